The molecule has 0 N–H and O–H groups in total. The van der Waals surface area contributed by atoms with E-state index >= 15 is 0 Å². The van der Waals surface area contributed by atoms with Crippen molar-refractivity contribution < 1.29 is 17.9 Å². The van der Waals surface area contributed by atoms with Gasteiger partial charge in [0, 0.05) is 38.3 Å². The summed E-state index contributed by atoms with van der Waals surface area (Å²) in [6.45, 7) is 0.715. The number of hydrogen-bond acceptors (Lipinski definition) is 4. The number of piperazine rings is 1. The number of pyridine rings is 1. The molecule has 2 aromatic rings. The first kappa shape index (κ1) is 18.9. The zero-order valence-corrected chi connectivity index (χ0v) is 15.8. The fourth-order valence-corrected chi connectivity index (χ4v) is 5.24. The lowest BCUT2D eigenvalue weighted by molar-refractivity contribution is -0.605. The van der Waals surface area contributed by atoms with Crippen LogP contribution in [0.2, 0.25) is 10.0 Å². The molecule has 0 atom stereocenters. The van der Waals surface area contributed by atoms with E-state index in [-0.39, 0.29) is 47.0 Å². The summed E-state index contributed by atoms with van der Waals surface area (Å²) in [6, 6.07) is 7.38. The van der Waals surface area contributed by atoms with Crippen LogP contribution in [0.4, 0.5) is 0 Å². The van der Waals surface area contributed by atoms with Crippen LogP contribution in [0.25, 0.3) is 0 Å². The van der Waals surface area contributed by atoms with Crippen LogP contribution in [0.3, 0.4) is 0 Å². The molecule has 1 saturated heterocycles. The fraction of sp³-hybridized carbons (Fsp3) is 0.250. The number of amides is 1. The molecule has 0 saturated carbocycles. The highest BCUT2D eigenvalue weighted by Gasteiger charge is 2.33. The number of aromatic nitrogens is 1. The first-order valence-corrected chi connectivity index (χ1v) is 9.92. The number of carbonyl (C=O) groups is 1. The number of nitrogens with zero attached hydrogens (tertiary/aromatic N) is 3. The van der Waals surface area contributed by atoms with Gasteiger partial charge in [0.2, 0.25) is 10.0 Å². The Morgan fingerprint density at radius 3 is 2.08 bits per heavy atom. The molecule has 3 rings (SSSR count). The van der Waals surface area contributed by atoms with Crippen LogP contribution in [-0.2, 0) is 10.0 Å². The minimum atomic E-state index is -3.86. The standard InChI is InChI=1S/C16H15Cl2N3O4S/c17-13-2-1-3-14(18)15(13)26(24,25)21-10-8-19(9-11-21)16(22)12-4-6-20(23)7-5-12/h1-7H,8-11H2. The van der Waals surface area contributed by atoms with Crippen molar-refractivity contribution in [1.29, 1.82) is 0 Å². The van der Waals surface area contributed by atoms with E-state index in [1.807, 2.05) is 0 Å². The first-order valence-electron chi connectivity index (χ1n) is 7.73. The summed E-state index contributed by atoms with van der Waals surface area (Å²) in [5.74, 6) is -0.251. The van der Waals surface area contributed by atoms with E-state index in [9.17, 15) is 18.4 Å². The Kier molecular flexibility index (Phi) is 5.38. The van der Waals surface area contributed by atoms with Gasteiger partial charge < -0.3 is 10.1 Å². The molecule has 138 valence electrons. The van der Waals surface area contributed by atoms with Crippen LogP contribution in [0.1, 0.15) is 10.4 Å². The maximum Gasteiger partial charge on any atom is 0.254 e. The molecule has 0 radical (unpaired) electrons. The number of rotatable bonds is 3. The number of sulfonamides is 1. The van der Waals surface area contributed by atoms with E-state index in [1.54, 1.807) is 11.0 Å². The average molecular weight is 416 g/mol. The zero-order valence-electron chi connectivity index (χ0n) is 13.5. The SMILES string of the molecule is O=C(c1cc[n+]([O-])cc1)N1CCN(S(=O)(=O)c2c(Cl)cccc2Cl)CC1. The first-order chi connectivity index (χ1) is 12.3. The third-order valence-corrected chi connectivity index (χ3v) is 6.95. The van der Waals surface area contributed by atoms with Crippen molar-refractivity contribution in [1.82, 2.24) is 9.21 Å². The van der Waals surface area contributed by atoms with Crippen molar-refractivity contribution in [2.24, 2.45) is 0 Å². The van der Waals surface area contributed by atoms with Crippen molar-refractivity contribution in [3.05, 3.63) is 63.5 Å². The molecule has 26 heavy (non-hydrogen) atoms. The van der Waals surface area contributed by atoms with Crippen LogP contribution in [-0.4, -0.2) is 49.7 Å². The summed E-state index contributed by atoms with van der Waals surface area (Å²) in [5.41, 5.74) is 0.377. The van der Waals surface area contributed by atoms with E-state index in [0.717, 1.165) is 0 Å². The Morgan fingerprint density at radius 1 is 1.00 bits per heavy atom. The number of benzene rings is 1. The van der Waals surface area contributed by atoms with E-state index < -0.39 is 10.0 Å². The maximum atomic E-state index is 12.8. The molecule has 1 aliphatic rings. The Morgan fingerprint density at radius 2 is 1.54 bits per heavy atom. The van der Waals surface area contributed by atoms with Gasteiger partial charge in [0.1, 0.15) is 4.90 Å². The maximum absolute atomic E-state index is 12.8. The van der Waals surface area contributed by atoms with Gasteiger partial charge >= 0.3 is 0 Å². The second-order valence-corrected chi connectivity index (χ2v) is 8.38. The Bertz CT molecular complexity index is 907. The van der Waals surface area contributed by atoms with Crippen LogP contribution >= 0.6 is 23.2 Å². The van der Waals surface area contributed by atoms with Gasteiger partial charge in [0.05, 0.1) is 15.6 Å². The average Bonchev–Trinajstić information content (AvgIpc) is 2.61. The van der Waals surface area contributed by atoms with E-state index in [0.29, 0.717) is 10.3 Å². The molecular formula is C16H15Cl2N3O4S. The summed E-state index contributed by atoms with van der Waals surface area (Å²) in [4.78, 5) is 13.9. The van der Waals surface area contributed by atoms with Gasteiger partial charge in [-0.3, -0.25) is 4.79 Å². The molecule has 7 nitrogen and oxygen atoms in total. The number of hydrogen-bond donors (Lipinski definition) is 0. The van der Waals surface area contributed by atoms with Crippen molar-refractivity contribution in [2.75, 3.05) is 26.2 Å². The van der Waals surface area contributed by atoms with Crippen molar-refractivity contribution in [3.63, 3.8) is 0 Å². The van der Waals surface area contributed by atoms with Gasteiger partial charge in [0.25, 0.3) is 5.91 Å². The van der Waals surface area contributed by atoms with E-state index in [4.69, 9.17) is 23.2 Å². The molecule has 0 unspecified atom stereocenters. The van der Waals surface area contributed by atoms with Gasteiger partial charge in [0.15, 0.2) is 12.4 Å². The lowest BCUT2D eigenvalue weighted by Crippen LogP contribution is -2.50. The van der Waals surface area contributed by atoms with Crippen LogP contribution in [0, 0.1) is 5.21 Å². The molecule has 1 amide bonds. The minimum Gasteiger partial charge on any atom is -0.619 e. The molecule has 0 spiro atoms. The van der Waals surface area contributed by atoms with E-state index in [2.05, 4.69) is 0 Å². The highest BCUT2D eigenvalue weighted by Crippen LogP contribution is 2.31. The predicted molar refractivity (Wildman–Crippen MR) is 96.5 cm³/mol. The topological polar surface area (TPSA) is 84.6 Å². The van der Waals surface area contributed by atoms with Gasteiger partial charge in [-0.15, -0.1) is 0 Å². The van der Waals surface area contributed by atoms with E-state index in [1.165, 1.54) is 41.0 Å². The normalized spacial score (nSPS) is 15.8. The van der Waals surface area contributed by atoms with Gasteiger partial charge in [-0.2, -0.15) is 9.04 Å². The third-order valence-electron chi connectivity index (χ3n) is 4.09. The number of carbonyl (C=O) groups excluding carboxylic acids is 1. The minimum absolute atomic E-state index is 0.0613. The van der Waals surface area contributed by atoms with Gasteiger partial charge in [-0.1, -0.05) is 29.3 Å². The highest BCUT2D eigenvalue weighted by atomic mass is 35.5. The van der Waals surface area contributed by atoms with Crippen molar-refractivity contribution in [3.8, 4) is 0 Å². The molecule has 1 aromatic heterocycles. The second-order valence-electron chi connectivity index (χ2n) is 5.69. The molecule has 1 fully saturated rings. The van der Waals surface area contributed by atoms with Gasteiger partial charge in [-0.05, 0) is 12.1 Å². The smallest absolute Gasteiger partial charge is 0.254 e. The largest absolute Gasteiger partial charge is 0.619 e. The molecule has 2 heterocycles. The summed E-state index contributed by atoms with van der Waals surface area (Å²) < 4.78 is 27.5. The van der Waals surface area contributed by atoms with Crippen LogP contribution < -0.4 is 4.73 Å². The molecule has 1 aliphatic heterocycles. The van der Waals surface area contributed by atoms with Gasteiger partial charge in [-0.25, -0.2) is 8.42 Å². The molecule has 0 aliphatic carbocycles. The summed E-state index contributed by atoms with van der Waals surface area (Å²) >= 11 is 12.0. The van der Waals surface area contributed by atoms with Crippen LogP contribution in [0.15, 0.2) is 47.6 Å². The quantitative estimate of drug-likeness (QED) is 0.564. The molecular weight excluding hydrogens is 401 g/mol. The zero-order chi connectivity index (χ0) is 18.9. The van der Waals surface area contributed by atoms with Crippen LogP contribution in [0.5, 0.6) is 0 Å². The van der Waals surface area contributed by atoms with Crippen molar-refractivity contribution in [2.45, 2.75) is 4.90 Å². The molecule has 0 bridgehead atoms. The molecule has 1 aromatic carbocycles. The highest BCUT2D eigenvalue weighted by molar-refractivity contribution is 7.89. The Hall–Kier alpha value is -1.87. The summed E-state index contributed by atoms with van der Waals surface area (Å²) in [5, 5.41) is 11.2. The predicted octanol–water partition coefficient (Wildman–Crippen LogP) is 1.77. The Labute approximate surface area is 161 Å². The number of halogens is 2. The summed E-state index contributed by atoms with van der Waals surface area (Å²) in [6.07, 6.45) is 2.49. The van der Waals surface area contributed by atoms with Crippen molar-refractivity contribution >= 4 is 39.1 Å². The monoisotopic (exact) mass is 415 g/mol. The lowest BCUT2D eigenvalue weighted by Gasteiger charge is -2.34. The second kappa shape index (κ2) is 7.40. The molecule has 10 heteroatoms. The fourth-order valence-electron chi connectivity index (χ4n) is 2.73. The lowest BCUT2D eigenvalue weighted by atomic mass is 10.2. The Balaban J connectivity index is 1.74. The third kappa shape index (κ3) is 3.64. The summed E-state index contributed by atoms with van der Waals surface area (Å²) in [7, 11) is -3.86.